The van der Waals surface area contributed by atoms with Crippen LogP contribution in [0, 0.1) is 0 Å². The quantitative estimate of drug-likeness (QED) is 0.316. The standard InChI is InChI=1S/C16H27NO7/c1-7-21-12(5)23-14(18)9-17(16(20)11(3)4)10-15(19)24-13(6)22-8-2/h12-13H,3,7-10H2,1-2,4-6H3. The summed E-state index contributed by atoms with van der Waals surface area (Å²) in [5.41, 5.74) is 0.186. The van der Waals surface area contributed by atoms with Gasteiger partial charge in [0.2, 0.25) is 5.91 Å². The summed E-state index contributed by atoms with van der Waals surface area (Å²) in [5, 5.41) is 0. The minimum Gasteiger partial charge on any atom is -0.435 e. The smallest absolute Gasteiger partial charge is 0.327 e. The molecule has 2 unspecified atom stereocenters. The number of carbonyl (C=O) groups excluding carboxylic acids is 3. The Bertz CT molecular complexity index is 422. The number of ether oxygens (including phenoxy) is 4. The average molecular weight is 345 g/mol. The number of hydrogen-bond donors (Lipinski definition) is 0. The lowest BCUT2D eigenvalue weighted by Crippen LogP contribution is -2.42. The topological polar surface area (TPSA) is 91.4 Å². The number of rotatable bonds is 11. The molecule has 0 radical (unpaired) electrons. The molecular weight excluding hydrogens is 318 g/mol. The fraction of sp³-hybridized carbons (Fsp3) is 0.688. The molecule has 0 rings (SSSR count). The van der Waals surface area contributed by atoms with E-state index < -0.39 is 43.5 Å². The van der Waals surface area contributed by atoms with E-state index in [1.165, 1.54) is 6.92 Å². The highest BCUT2D eigenvalue weighted by atomic mass is 16.7. The van der Waals surface area contributed by atoms with E-state index >= 15 is 0 Å². The maximum Gasteiger partial charge on any atom is 0.327 e. The van der Waals surface area contributed by atoms with Gasteiger partial charge in [-0.3, -0.25) is 14.4 Å². The van der Waals surface area contributed by atoms with Crippen LogP contribution in [0.4, 0.5) is 0 Å². The first kappa shape index (κ1) is 22.1. The summed E-state index contributed by atoms with van der Waals surface area (Å²) in [4.78, 5) is 36.8. The summed E-state index contributed by atoms with van der Waals surface area (Å²) in [6, 6.07) is 0. The van der Waals surface area contributed by atoms with Crippen LogP contribution in [-0.4, -0.2) is 61.6 Å². The van der Waals surface area contributed by atoms with E-state index in [1.807, 2.05) is 0 Å². The van der Waals surface area contributed by atoms with E-state index in [0.717, 1.165) is 4.90 Å². The third kappa shape index (κ3) is 9.26. The Morgan fingerprint density at radius 3 is 1.58 bits per heavy atom. The van der Waals surface area contributed by atoms with Gasteiger partial charge in [-0.15, -0.1) is 0 Å². The van der Waals surface area contributed by atoms with Gasteiger partial charge in [-0.1, -0.05) is 6.58 Å². The van der Waals surface area contributed by atoms with Crippen molar-refractivity contribution in [3.63, 3.8) is 0 Å². The van der Waals surface area contributed by atoms with Gasteiger partial charge in [-0.2, -0.15) is 0 Å². The average Bonchev–Trinajstić information content (AvgIpc) is 2.45. The van der Waals surface area contributed by atoms with Gasteiger partial charge >= 0.3 is 11.9 Å². The molecule has 0 N–H and O–H groups in total. The van der Waals surface area contributed by atoms with E-state index in [2.05, 4.69) is 6.58 Å². The molecule has 24 heavy (non-hydrogen) atoms. The molecular formula is C16H27NO7. The molecule has 1 amide bonds. The molecule has 0 saturated heterocycles. The molecule has 0 aliphatic heterocycles. The molecule has 0 fully saturated rings. The highest BCUT2D eigenvalue weighted by Gasteiger charge is 2.24. The summed E-state index contributed by atoms with van der Waals surface area (Å²) in [6.07, 6.45) is -1.48. The van der Waals surface area contributed by atoms with Crippen LogP contribution in [-0.2, 0) is 33.3 Å². The first-order chi connectivity index (χ1) is 11.2. The highest BCUT2D eigenvalue weighted by Crippen LogP contribution is 2.04. The maximum absolute atomic E-state index is 12.1. The second kappa shape index (κ2) is 11.6. The Hall–Kier alpha value is -1.93. The van der Waals surface area contributed by atoms with Gasteiger partial charge in [0.25, 0.3) is 0 Å². The van der Waals surface area contributed by atoms with Gasteiger partial charge in [0, 0.05) is 18.8 Å². The third-order valence-corrected chi connectivity index (χ3v) is 2.69. The van der Waals surface area contributed by atoms with E-state index in [-0.39, 0.29) is 5.57 Å². The molecule has 0 heterocycles. The molecule has 0 aromatic rings. The molecule has 0 aromatic carbocycles. The fourth-order valence-corrected chi connectivity index (χ4v) is 1.76. The molecule has 0 aliphatic carbocycles. The van der Waals surface area contributed by atoms with Crippen molar-refractivity contribution in [3.05, 3.63) is 12.2 Å². The monoisotopic (exact) mass is 345 g/mol. The molecule has 0 aromatic heterocycles. The van der Waals surface area contributed by atoms with Crippen LogP contribution in [0.1, 0.15) is 34.6 Å². The summed E-state index contributed by atoms with van der Waals surface area (Å²) in [7, 11) is 0. The highest BCUT2D eigenvalue weighted by molar-refractivity contribution is 5.96. The molecule has 0 spiro atoms. The van der Waals surface area contributed by atoms with Gasteiger partial charge in [0.05, 0.1) is 0 Å². The summed E-state index contributed by atoms with van der Waals surface area (Å²) < 4.78 is 20.2. The lowest BCUT2D eigenvalue weighted by atomic mass is 10.3. The molecule has 2 atom stereocenters. The summed E-state index contributed by atoms with van der Waals surface area (Å²) in [5.74, 6) is -1.94. The molecule has 0 aliphatic rings. The predicted molar refractivity (Wildman–Crippen MR) is 85.8 cm³/mol. The van der Waals surface area contributed by atoms with Crippen LogP contribution in [0.15, 0.2) is 12.2 Å². The van der Waals surface area contributed by atoms with Crippen molar-refractivity contribution < 1.29 is 33.3 Å². The number of hydrogen-bond acceptors (Lipinski definition) is 7. The van der Waals surface area contributed by atoms with Crippen molar-refractivity contribution >= 4 is 17.8 Å². The van der Waals surface area contributed by atoms with E-state index in [4.69, 9.17) is 18.9 Å². The van der Waals surface area contributed by atoms with Gasteiger partial charge < -0.3 is 23.8 Å². The largest absolute Gasteiger partial charge is 0.435 e. The number of amides is 1. The van der Waals surface area contributed by atoms with Crippen LogP contribution in [0.3, 0.4) is 0 Å². The number of carbonyl (C=O) groups is 3. The van der Waals surface area contributed by atoms with Crippen LogP contribution in [0.25, 0.3) is 0 Å². The summed E-state index contributed by atoms with van der Waals surface area (Å²) in [6.45, 7) is 11.6. The van der Waals surface area contributed by atoms with Crippen LogP contribution in [0.5, 0.6) is 0 Å². The fourth-order valence-electron chi connectivity index (χ4n) is 1.76. The first-order valence-corrected chi connectivity index (χ1v) is 7.78. The lowest BCUT2D eigenvalue weighted by molar-refractivity contribution is -0.179. The molecule has 8 heteroatoms. The van der Waals surface area contributed by atoms with Crippen molar-refractivity contribution in [2.45, 2.75) is 47.2 Å². The molecule has 0 saturated carbocycles. The van der Waals surface area contributed by atoms with Crippen molar-refractivity contribution in [2.75, 3.05) is 26.3 Å². The lowest BCUT2D eigenvalue weighted by Gasteiger charge is -2.23. The Morgan fingerprint density at radius 2 is 1.29 bits per heavy atom. The molecule has 8 nitrogen and oxygen atoms in total. The molecule has 138 valence electrons. The Morgan fingerprint density at radius 1 is 0.917 bits per heavy atom. The minimum absolute atomic E-state index is 0.186. The van der Waals surface area contributed by atoms with Crippen LogP contribution in [0.2, 0.25) is 0 Å². The second-order valence-corrected chi connectivity index (χ2v) is 4.97. The third-order valence-electron chi connectivity index (χ3n) is 2.69. The van der Waals surface area contributed by atoms with Gasteiger partial charge in [-0.25, -0.2) is 0 Å². The zero-order valence-corrected chi connectivity index (χ0v) is 15.0. The van der Waals surface area contributed by atoms with Gasteiger partial charge in [0.15, 0.2) is 12.6 Å². The Kier molecular flexibility index (Phi) is 10.7. The predicted octanol–water partition coefficient (Wildman–Crippen LogP) is 1.24. The summed E-state index contributed by atoms with van der Waals surface area (Å²) >= 11 is 0. The van der Waals surface area contributed by atoms with Gasteiger partial charge in [0.1, 0.15) is 13.1 Å². The van der Waals surface area contributed by atoms with Crippen molar-refractivity contribution in [1.82, 2.24) is 4.90 Å². The van der Waals surface area contributed by atoms with E-state index in [1.54, 1.807) is 27.7 Å². The van der Waals surface area contributed by atoms with Crippen molar-refractivity contribution in [1.29, 1.82) is 0 Å². The van der Waals surface area contributed by atoms with Crippen molar-refractivity contribution in [2.24, 2.45) is 0 Å². The molecule has 0 bridgehead atoms. The number of nitrogens with zero attached hydrogens (tertiary/aromatic N) is 1. The van der Waals surface area contributed by atoms with Crippen LogP contribution >= 0.6 is 0 Å². The van der Waals surface area contributed by atoms with Crippen molar-refractivity contribution in [3.8, 4) is 0 Å². The Labute approximate surface area is 142 Å². The minimum atomic E-state index is -0.741. The normalized spacial score (nSPS) is 12.9. The second-order valence-electron chi connectivity index (χ2n) is 4.97. The Balaban J connectivity index is 4.75. The van der Waals surface area contributed by atoms with Crippen LogP contribution < -0.4 is 0 Å². The maximum atomic E-state index is 12.1. The SMILES string of the molecule is C=C(C)C(=O)N(CC(=O)OC(C)OCC)CC(=O)OC(C)OCC. The zero-order chi connectivity index (χ0) is 18.7. The van der Waals surface area contributed by atoms with E-state index in [0.29, 0.717) is 13.2 Å². The van der Waals surface area contributed by atoms with Gasteiger partial charge in [-0.05, 0) is 34.6 Å². The van der Waals surface area contributed by atoms with E-state index in [9.17, 15) is 14.4 Å². The first-order valence-electron chi connectivity index (χ1n) is 7.78. The zero-order valence-electron chi connectivity index (χ0n) is 15.0. The number of esters is 2.